The number of benzene rings is 1. The van der Waals surface area contributed by atoms with Crippen LogP contribution in [0.25, 0.3) is 0 Å². The fourth-order valence-electron chi connectivity index (χ4n) is 1.85. The van der Waals surface area contributed by atoms with E-state index in [1.54, 1.807) is 30.3 Å². The molecule has 2 N–H and O–H groups in total. The van der Waals surface area contributed by atoms with Gasteiger partial charge in [-0.25, -0.2) is 8.42 Å². The molecule has 1 saturated carbocycles. The Labute approximate surface area is 133 Å². The summed E-state index contributed by atoms with van der Waals surface area (Å²) in [6.45, 7) is 0.728. The van der Waals surface area contributed by atoms with Crippen LogP contribution in [0.15, 0.2) is 40.6 Å². The normalized spacial score (nSPS) is 15.1. The van der Waals surface area contributed by atoms with Crippen LogP contribution in [0.2, 0.25) is 5.02 Å². The van der Waals surface area contributed by atoms with E-state index in [0.717, 1.165) is 11.4 Å². The number of hydrogen-bond donors (Lipinski definition) is 2. The molecule has 0 atom stereocenters. The fourth-order valence-corrected chi connectivity index (χ4v) is 4.34. The Morgan fingerprint density at radius 3 is 2.52 bits per heavy atom. The number of nitrogens with one attached hydrogen (secondary N) is 2. The van der Waals surface area contributed by atoms with Crippen molar-refractivity contribution in [3.63, 3.8) is 0 Å². The first kappa shape index (κ1) is 14.8. The molecule has 0 amide bonds. The molecule has 0 aliphatic heterocycles. The molecular formula is C14H15ClN2O2S2. The summed E-state index contributed by atoms with van der Waals surface area (Å²) in [5, 5.41) is 3.95. The smallest absolute Gasteiger partial charge is 0.271 e. The summed E-state index contributed by atoms with van der Waals surface area (Å²) in [6, 6.07) is 10.7. The second-order valence-corrected chi connectivity index (χ2v) is 8.50. The Morgan fingerprint density at radius 2 is 1.86 bits per heavy atom. The molecule has 0 spiro atoms. The van der Waals surface area contributed by atoms with Crippen molar-refractivity contribution in [1.29, 1.82) is 0 Å². The van der Waals surface area contributed by atoms with Crippen molar-refractivity contribution in [1.82, 2.24) is 5.32 Å². The lowest BCUT2D eigenvalue weighted by Gasteiger charge is -2.06. The van der Waals surface area contributed by atoms with Crippen molar-refractivity contribution in [3.8, 4) is 0 Å². The molecule has 1 fully saturated rings. The molecule has 0 saturated heterocycles. The molecule has 3 rings (SSSR count). The van der Waals surface area contributed by atoms with Crippen LogP contribution in [0.4, 0.5) is 5.69 Å². The van der Waals surface area contributed by atoms with Crippen LogP contribution >= 0.6 is 22.9 Å². The first-order chi connectivity index (χ1) is 10.0. The van der Waals surface area contributed by atoms with Gasteiger partial charge in [-0.2, -0.15) is 0 Å². The van der Waals surface area contributed by atoms with Crippen LogP contribution in [0, 0.1) is 0 Å². The van der Waals surface area contributed by atoms with Gasteiger partial charge in [0.15, 0.2) is 0 Å². The highest BCUT2D eigenvalue weighted by Crippen LogP contribution is 2.26. The highest BCUT2D eigenvalue weighted by molar-refractivity contribution is 7.94. The molecule has 1 heterocycles. The molecular weight excluding hydrogens is 328 g/mol. The van der Waals surface area contributed by atoms with Gasteiger partial charge < -0.3 is 5.32 Å². The van der Waals surface area contributed by atoms with E-state index in [2.05, 4.69) is 10.0 Å². The molecule has 112 valence electrons. The monoisotopic (exact) mass is 342 g/mol. The van der Waals surface area contributed by atoms with Gasteiger partial charge in [0.05, 0.1) is 0 Å². The molecule has 1 aliphatic rings. The zero-order chi connectivity index (χ0) is 14.9. The van der Waals surface area contributed by atoms with Crippen molar-refractivity contribution in [2.24, 2.45) is 0 Å². The standard InChI is InChI=1S/C14H15ClN2O2S2/c15-10-1-3-12(4-2-10)17-21(18,19)14-8-7-13(20-14)9-16-11-5-6-11/h1-4,7-8,11,16-17H,5-6,9H2. The number of sulfonamides is 1. The van der Waals surface area contributed by atoms with Crippen molar-refractivity contribution in [3.05, 3.63) is 46.3 Å². The van der Waals surface area contributed by atoms with Crippen LogP contribution in [0.1, 0.15) is 17.7 Å². The maximum Gasteiger partial charge on any atom is 0.271 e. The SMILES string of the molecule is O=S(=O)(Nc1ccc(Cl)cc1)c1ccc(CNC2CC2)s1. The van der Waals surface area contributed by atoms with E-state index < -0.39 is 10.0 Å². The summed E-state index contributed by atoms with van der Waals surface area (Å²) in [6.07, 6.45) is 2.43. The van der Waals surface area contributed by atoms with E-state index in [1.165, 1.54) is 24.2 Å². The van der Waals surface area contributed by atoms with Gasteiger partial charge in [-0.1, -0.05) is 11.6 Å². The topological polar surface area (TPSA) is 58.2 Å². The van der Waals surface area contributed by atoms with Gasteiger partial charge in [0, 0.05) is 28.2 Å². The van der Waals surface area contributed by atoms with Gasteiger partial charge in [0.2, 0.25) is 0 Å². The lowest BCUT2D eigenvalue weighted by atomic mass is 10.3. The Bertz CT molecular complexity index is 722. The second-order valence-electron chi connectivity index (χ2n) is 4.99. The average molecular weight is 343 g/mol. The van der Waals surface area contributed by atoms with Gasteiger partial charge in [-0.05, 0) is 49.2 Å². The first-order valence-electron chi connectivity index (χ1n) is 6.63. The maximum atomic E-state index is 12.3. The number of halogens is 1. The van der Waals surface area contributed by atoms with Crippen molar-refractivity contribution >= 4 is 38.6 Å². The van der Waals surface area contributed by atoms with Gasteiger partial charge in [0.1, 0.15) is 4.21 Å². The molecule has 0 bridgehead atoms. The molecule has 4 nitrogen and oxygen atoms in total. The van der Waals surface area contributed by atoms with E-state index in [1.807, 2.05) is 6.07 Å². The minimum absolute atomic E-state index is 0.324. The molecule has 0 unspecified atom stereocenters. The predicted octanol–water partition coefficient (Wildman–Crippen LogP) is 3.45. The molecule has 21 heavy (non-hydrogen) atoms. The fraction of sp³-hybridized carbons (Fsp3) is 0.286. The third-order valence-corrected chi connectivity index (χ3v) is 6.35. The molecule has 1 aromatic carbocycles. The van der Waals surface area contributed by atoms with E-state index in [-0.39, 0.29) is 0 Å². The van der Waals surface area contributed by atoms with Gasteiger partial charge in [-0.15, -0.1) is 11.3 Å². The number of thiophene rings is 1. The van der Waals surface area contributed by atoms with Gasteiger partial charge in [-0.3, -0.25) is 4.72 Å². The molecule has 0 radical (unpaired) electrons. The predicted molar refractivity (Wildman–Crippen MR) is 86.4 cm³/mol. The lowest BCUT2D eigenvalue weighted by molar-refractivity contribution is 0.603. The molecule has 1 aliphatic carbocycles. The molecule has 1 aromatic heterocycles. The second kappa shape index (κ2) is 5.96. The summed E-state index contributed by atoms with van der Waals surface area (Å²) < 4.78 is 27.5. The minimum atomic E-state index is -3.53. The lowest BCUT2D eigenvalue weighted by Crippen LogP contribution is -2.14. The van der Waals surface area contributed by atoms with Crippen molar-refractivity contribution in [2.45, 2.75) is 29.6 Å². The zero-order valence-electron chi connectivity index (χ0n) is 11.2. The Hall–Kier alpha value is -1.08. The molecule has 7 heteroatoms. The van der Waals surface area contributed by atoms with Crippen LogP contribution in [0.5, 0.6) is 0 Å². The number of hydrogen-bond acceptors (Lipinski definition) is 4. The number of anilines is 1. The summed E-state index contributed by atoms with van der Waals surface area (Å²) in [5.74, 6) is 0. The van der Waals surface area contributed by atoms with E-state index in [9.17, 15) is 8.42 Å². The Balaban J connectivity index is 1.69. The highest BCUT2D eigenvalue weighted by Gasteiger charge is 2.21. The highest BCUT2D eigenvalue weighted by atomic mass is 35.5. The van der Waals surface area contributed by atoms with E-state index in [0.29, 0.717) is 21.0 Å². The largest absolute Gasteiger partial charge is 0.309 e. The van der Waals surface area contributed by atoms with Crippen LogP contribution in [-0.2, 0) is 16.6 Å². The average Bonchev–Trinajstić information content (AvgIpc) is 3.15. The van der Waals surface area contributed by atoms with Crippen molar-refractivity contribution < 1.29 is 8.42 Å². The third-order valence-electron chi connectivity index (χ3n) is 3.14. The maximum absolute atomic E-state index is 12.3. The van der Waals surface area contributed by atoms with Crippen LogP contribution in [0.3, 0.4) is 0 Å². The Morgan fingerprint density at radius 1 is 1.14 bits per heavy atom. The summed E-state index contributed by atoms with van der Waals surface area (Å²) in [7, 11) is -3.53. The summed E-state index contributed by atoms with van der Waals surface area (Å²) >= 11 is 7.08. The van der Waals surface area contributed by atoms with E-state index >= 15 is 0 Å². The quantitative estimate of drug-likeness (QED) is 0.845. The summed E-state index contributed by atoms with van der Waals surface area (Å²) in [4.78, 5) is 1.03. The summed E-state index contributed by atoms with van der Waals surface area (Å²) in [5.41, 5.74) is 0.505. The molecule has 2 aromatic rings. The van der Waals surface area contributed by atoms with Crippen LogP contribution in [-0.4, -0.2) is 14.5 Å². The minimum Gasteiger partial charge on any atom is -0.309 e. The zero-order valence-corrected chi connectivity index (χ0v) is 13.6. The number of rotatable bonds is 6. The van der Waals surface area contributed by atoms with Crippen LogP contribution < -0.4 is 10.0 Å². The first-order valence-corrected chi connectivity index (χ1v) is 9.31. The van der Waals surface area contributed by atoms with Gasteiger partial charge >= 0.3 is 0 Å². The van der Waals surface area contributed by atoms with Gasteiger partial charge in [0.25, 0.3) is 10.0 Å². The third kappa shape index (κ3) is 3.97. The van der Waals surface area contributed by atoms with Crippen molar-refractivity contribution in [2.75, 3.05) is 4.72 Å². The van der Waals surface area contributed by atoms with E-state index in [4.69, 9.17) is 11.6 Å². The Kier molecular flexibility index (Phi) is 4.21.